The van der Waals surface area contributed by atoms with Crippen LogP contribution < -0.4 is 5.73 Å². The van der Waals surface area contributed by atoms with Crippen LogP contribution in [0, 0.1) is 0 Å². The molecule has 0 spiro atoms. The molecule has 0 fully saturated rings. The average molecular weight is 916 g/mol. The van der Waals surface area contributed by atoms with Crippen molar-refractivity contribution in [2.75, 3.05) is 19.8 Å². The number of nitrogens with two attached hydrogens (primary N) is 1. The summed E-state index contributed by atoms with van der Waals surface area (Å²) in [5.74, 6) is -2.36. The number of aliphatic carboxylic acids is 1. The van der Waals surface area contributed by atoms with E-state index in [4.69, 9.17) is 24.8 Å². The molecule has 0 aromatic carbocycles. The molecule has 3 atom stereocenters. The molecule has 0 aromatic heterocycles. The Hall–Kier alpha value is -1.78. The first-order valence-corrected chi connectivity index (χ1v) is 27.7. The zero-order valence-corrected chi connectivity index (χ0v) is 41.6. The van der Waals surface area contributed by atoms with Crippen LogP contribution in [0.2, 0.25) is 0 Å². The lowest BCUT2D eigenvalue weighted by Crippen LogP contribution is -2.34. The van der Waals surface area contributed by atoms with Crippen molar-refractivity contribution in [2.45, 2.75) is 276 Å². The van der Waals surface area contributed by atoms with Gasteiger partial charge in [0.05, 0.1) is 13.2 Å². The highest BCUT2D eigenvalue weighted by molar-refractivity contribution is 7.47. The molecule has 1 unspecified atom stereocenters. The van der Waals surface area contributed by atoms with E-state index in [2.05, 4.69) is 30.5 Å². The second-order valence-electron chi connectivity index (χ2n) is 18.0. The maximum atomic E-state index is 12.7. The molecule has 0 heterocycles. The van der Waals surface area contributed by atoms with E-state index in [-0.39, 0.29) is 19.4 Å². The van der Waals surface area contributed by atoms with E-state index in [0.717, 1.165) is 38.5 Å². The predicted octanol–water partition coefficient (Wildman–Crippen LogP) is 14.8. The van der Waals surface area contributed by atoms with Gasteiger partial charge < -0.3 is 25.2 Å². The number of hydrogen-bond donors (Lipinski definition) is 3. The lowest BCUT2D eigenvalue weighted by Gasteiger charge is -2.20. The van der Waals surface area contributed by atoms with E-state index in [1.54, 1.807) is 0 Å². The molecule has 12 heteroatoms. The van der Waals surface area contributed by atoms with E-state index in [9.17, 15) is 23.8 Å². The summed E-state index contributed by atoms with van der Waals surface area (Å²) in [6.07, 6.45) is 49.9. The fourth-order valence-electron chi connectivity index (χ4n) is 7.65. The minimum atomic E-state index is -4.72. The maximum Gasteiger partial charge on any atom is 0.472 e. The van der Waals surface area contributed by atoms with Crippen LogP contribution in [0.1, 0.15) is 264 Å². The third-order valence-corrected chi connectivity index (χ3v) is 12.7. The molecule has 0 amide bonds. The van der Waals surface area contributed by atoms with Gasteiger partial charge in [-0.25, -0.2) is 4.57 Å². The van der Waals surface area contributed by atoms with Crippen molar-refractivity contribution in [3.63, 3.8) is 0 Å². The van der Waals surface area contributed by atoms with Crippen molar-refractivity contribution in [1.29, 1.82) is 0 Å². The van der Waals surface area contributed by atoms with Crippen LogP contribution >= 0.6 is 7.82 Å². The number of rotatable bonds is 50. The zero-order valence-electron chi connectivity index (χ0n) is 40.7. The molecular weight excluding hydrogens is 818 g/mol. The topological polar surface area (TPSA) is 172 Å². The molecule has 0 aliphatic carbocycles. The van der Waals surface area contributed by atoms with Crippen molar-refractivity contribution in [2.24, 2.45) is 5.73 Å². The normalized spacial score (nSPS) is 13.6. The number of esters is 2. The summed E-state index contributed by atoms with van der Waals surface area (Å²) < 4.78 is 32.9. The Balaban J connectivity index is 4.18. The Bertz CT molecular complexity index is 1120. The average Bonchev–Trinajstić information content (AvgIpc) is 3.26. The van der Waals surface area contributed by atoms with Crippen molar-refractivity contribution >= 4 is 25.7 Å². The third kappa shape index (κ3) is 46.5. The number of phosphoric ester groups is 1. The van der Waals surface area contributed by atoms with Crippen LogP contribution in [0.5, 0.6) is 0 Å². The summed E-state index contributed by atoms with van der Waals surface area (Å²) in [5, 5.41) is 8.92. The molecule has 0 saturated carbocycles. The van der Waals surface area contributed by atoms with Gasteiger partial charge in [0, 0.05) is 12.8 Å². The van der Waals surface area contributed by atoms with Gasteiger partial charge in [0.2, 0.25) is 0 Å². The van der Waals surface area contributed by atoms with Crippen molar-refractivity contribution < 1.29 is 47.5 Å². The number of carboxylic acid groups (broad SMARTS) is 1. The number of carbonyl (C=O) groups excluding carboxylic acids is 2. The van der Waals surface area contributed by atoms with E-state index in [1.165, 1.54) is 186 Å². The summed E-state index contributed by atoms with van der Waals surface area (Å²) >= 11 is 0. The zero-order chi connectivity index (χ0) is 46.3. The van der Waals surface area contributed by atoms with Crippen LogP contribution in [0.3, 0.4) is 0 Å². The number of ether oxygens (including phenoxy) is 2. The van der Waals surface area contributed by atoms with E-state index in [1.807, 2.05) is 0 Å². The second kappa shape index (κ2) is 46.7. The number of allylic oxidation sites excluding steroid dienone is 2. The number of phosphoric acid groups is 1. The quantitative estimate of drug-likeness (QED) is 0.0229. The summed E-state index contributed by atoms with van der Waals surface area (Å²) in [4.78, 5) is 46.2. The molecule has 4 N–H and O–H groups in total. The predicted molar refractivity (Wildman–Crippen MR) is 259 cm³/mol. The van der Waals surface area contributed by atoms with Gasteiger partial charge in [0.25, 0.3) is 0 Å². The van der Waals surface area contributed by atoms with E-state index >= 15 is 0 Å². The fourth-order valence-corrected chi connectivity index (χ4v) is 8.43. The number of carbonyl (C=O) groups is 3. The monoisotopic (exact) mass is 916 g/mol. The summed E-state index contributed by atoms with van der Waals surface area (Å²) in [7, 11) is -4.72. The molecule has 0 radical (unpaired) electrons. The molecule has 0 aromatic rings. The largest absolute Gasteiger partial charge is 0.480 e. The third-order valence-electron chi connectivity index (χ3n) is 11.8. The van der Waals surface area contributed by atoms with Crippen LogP contribution in [-0.4, -0.2) is 59.9 Å². The lowest BCUT2D eigenvalue weighted by atomic mass is 10.0. The van der Waals surface area contributed by atoms with Crippen LogP contribution in [-0.2, 0) is 37.5 Å². The molecule has 0 bridgehead atoms. The van der Waals surface area contributed by atoms with Gasteiger partial charge in [-0.2, -0.15) is 0 Å². The molecule has 63 heavy (non-hydrogen) atoms. The first kappa shape index (κ1) is 61.2. The summed E-state index contributed by atoms with van der Waals surface area (Å²) in [5.41, 5.74) is 5.35. The molecule has 0 aliphatic heterocycles. The Morgan fingerprint density at radius 1 is 0.476 bits per heavy atom. The maximum absolute atomic E-state index is 12.7. The van der Waals surface area contributed by atoms with Crippen molar-refractivity contribution in [3.05, 3.63) is 12.2 Å². The van der Waals surface area contributed by atoms with Gasteiger partial charge in [0.1, 0.15) is 12.6 Å². The molecule has 0 rings (SSSR count). The molecule has 11 nitrogen and oxygen atoms in total. The molecule has 0 aliphatic rings. The standard InChI is InChI=1S/C51H98NO10P/c1-3-5-7-9-11-13-15-17-19-21-22-23-24-25-27-29-31-33-35-37-39-41-43-50(54)62-47(45-60-63(57,58)61-46-48(52)51(55)56)44-59-49(53)42-40-38-36-34-32-30-28-26-20-18-16-14-12-10-8-6-4-2/h14,16,47-48H,3-13,15,17-46,52H2,1-2H3,(H,55,56)(H,57,58)/b16-14+/t47-,48+/m1/s1. The van der Waals surface area contributed by atoms with Gasteiger partial charge in [-0.3, -0.25) is 23.4 Å². The SMILES string of the molecule is CCCCCC/C=C/CCCCCCCCCCCC(=O)OC[C@H](COP(=O)(O)OC[C@H](N)C(=O)O)OC(=O)CCCCCCCCCCCCCCCCCCCCCCCC. The smallest absolute Gasteiger partial charge is 0.472 e. The van der Waals surface area contributed by atoms with E-state index < -0.39 is 51.1 Å². The molecular formula is C51H98NO10P. The van der Waals surface area contributed by atoms with Crippen LogP contribution in [0.4, 0.5) is 0 Å². The van der Waals surface area contributed by atoms with Gasteiger partial charge in [-0.15, -0.1) is 0 Å². The summed E-state index contributed by atoms with van der Waals surface area (Å²) in [6.45, 7) is 2.85. The lowest BCUT2D eigenvalue weighted by molar-refractivity contribution is -0.161. The highest BCUT2D eigenvalue weighted by Crippen LogP contribution is 2.43. The Morgan fingerprint density at radius 2 is 0.794 bits per heavy atom. The fraction of sp³-hybridized carbons (Fsp3) is 0.902. The number of hydrogen-bond acceptors (Lipinski definition) is 9. The Kier molecular flexibility index (Phi) is 45.4. The van der Waals surface area contributed by atoms with Gasteiger partial charge in [-0.1, -0.05) is 225 Å². The Labute approximate surface area is 386 Å². The minimum Gasteiger partial charge on any atom is -0.480 e. The van der Waals surface area contributed by atoms with Crippen LogP contribution in [0.15, 0.2) is 12.2 Å². The molecule has 372 valence electrons. The van der Waals surface area contributed by atoms with Crippen molar-refractivity contribution in [1.82, 2.24) is 0 Å². The molecule has 0 saturated heterocycles. The Morgan fingerprint density at radius 3 is 1.17 bits per heavy atom. The van der Waals surface area contributed by atoms with Gasteiger partial charge in [0.15, 0.2) is 6.10 Å². The van der Waals surface area contributed by atoms with E-state index in [0.29, 0.717) is 12.8 Å². The number of carboxylic acids is 1. The van der Waals surface area contributed by atoms with Crippen molar-refractivity contribution in [3.8, 4) is 0 Å². The van der Waals surface area contributed by atoms with Crippen LogP contribution in [0.25, 0.3) is 0 Å². The highest BCUT2D eigenvalue weighted by Gasteiger charge is 2.28. The second-order valence-corrected chi connectivity index (χ2v) is 19.5. The van der Waals surface area contributed by atoms with Gasteiger partial charge >= 0.3 is 25.7 Å². The number of unbranched alkanes of at least 4 members (excludes halogenated alkanes) is 34. The van der Waals surface area contributed by atoms with Gasteiger partial charge in [-0.05, 0) is 38.5 Å². The highest BCUT2D eigenvalue weighted by atomic mass is 31.2. The minimum absolute atomic E-state index is 0.168. The summed E-state index contributed by atoms with van der Waals surface area (Å²) in [6, 6.07) is -1.52. The first-order chi connectivity index (χ1) is 30.6. The first-order valence-electron chi connectivity index (χ1n) is 26.2.